The molecule has 7 nitrogen and oxygen atoms in total. The van der Waals surface area contributed by atoms with Crippen molar-refractivity contribution < 1.29 is 4.79 Å². The fourth-order valence-corrected chi connectivity index (χ4v) is 3.08. The van der Waals surface area contributed by atoms with E-state index in [4.69, 9.17) is 0 Å². The minimum Gasteiger partial charge on any atom is -0.341 e. The molecule has 1 fully saturated rings. The first-order valence-electron chi connectivity index (χ1n) is 7.83. The van der Waals surface area contributed by atoms with Gasteiger partial charge in [-0.25, -0.2) is 9.97 Å². The number of aromatic nitrogens is 5. The summed E-state index contributed by atoms with van der Waals surface area (Å²) in [5, 5.41) is 4.05. The highest BCUT2D eigenvalue weighted by molar-refractivity contribution is 5.76. The summed E-state index contributed by atoms with van der Waals surface area (Å²) in [7, 11) is 0. The highest BCUT2D eigenvalue weighted by Crippen LogP contribution is 2.23. The molecule has 1 aliphatic rings. The Labute approximate surface area is 130 Å². The van der Waals surface area contributed by atoms with Crippen LogP contribution in [-0.4, -0.2) is 48.2 Å². The Balaban J connectivity index is 1.51. The Bertz CT molecular complexity index is 605. The number of piperidine rings is 1. The SMILES string of the molecule is Cc1nccn1[C@@H]1CCCN(C(=O)CCCn2cncn2)C1. The van der Waals surface area contributed by atoms with Crippen molar-refractivity contribution in [3.8, 4) is 0 Å². The normalized spacial score (nSPS) is 18.6. The third-order valence-electron chi connectivity index (χ3n) is 4.25. The average molecular weight is 302 g/mol. The van der Waals surface area contributed by atoms with Gasteiger partial charge in [-0.15, -0.1) is 0 Å². The second kappa shape index (κ2) is 6.72. The second-order valence-corrected chi connectivity index (χ2v) is 5.78. The molecule has 7 heteroatoms. The molecule has 0 radical (unpaired) electrons. The first-order valence-corrected chi connectivity index (χ1v) is 7.83. The maximum atomic E-state index is 12.4. The van der Waals surface area contributed by atoms with Crippen LogP contribution in [0.1, 0.15) is 37.5 Å². The Hall–Kier alpha value is -2.18. The highest BCUT2D eigenvalue weighted by Gasteiger charge is 2.24. The van der Waals surface area contributed by atoms with Crippen molar-refractivity contribution in [2.45, 2.75) is 45.2 Å². The highest BCUT2D eigenvalue weighted by atomic mass is 16.2. The third-order valence-corrected chi connectivity index (χ3v) is 4.25. The standard InChI is InChI=1S/C15H22N6O/c1-13-17-6-9-21(13)14-4-2-7-19(10-14)15(22)5-3-8-20-12-16-11-18-20/h6,9,11-12,14H,2-5,7-8,10H2,1H3/t14-/m1/s1. The van der Waals surface area contributed by atoms with Gasteiger partial charge >= 0.3 is 0 Å². The van der Waals surface area contributed by atoms with Gasteiger partial charge in [0.25, 0.3) is 0 Å². The lowest BCUT2D eigenvalue weighted by atomic mass is 10.0. The number of carbonyl (C=O) groups excluding carboxylic acids is 1. The van der Waals surface area contributed by atoms with Crippen LogP contribution in [0.2, 0.25) is 0 Å². The van der Waals surface area contributed by atoms with Crippen molar-refractivity contribution in [3.63, 3.8) is 0 Å². The van der Waals surface area contributed by atoms with Gasteiger partial charge in [-0.3, -0.25) is 9.48 Å². The molecule has 1 aliphatic heterocycles. The van der Waals surface area contributed by atoms with Crippen LogP contribution < -0.4 is 0 Å². The molecule has 0 bridgehead atoms. The van der Waals surface area contributed by atoms with Gasteiger partial charge in [0.15, 0.2) is 0 Å². The van der Waals surface area contributed by atoms with Crippen molar-refractivity contribution in [1.29, 1.82) is 0 Å². The average Bonchev–Trinajstić information content (AvgIpc) is 3.19. The zero-order valence-electron chi connectivity index (χ0n) is 12.9. The van der Waals surface area contributed by atoms with E-state index >= 15 is 0 Å². The molecule has 0 unspecified atom stereocenters. The minimum atomic E-state index is 0.239. The van der Waals surface area contributed by atoms with E-state index in [1.165, 1.54) is 6.33 Å². The number of rotatable bonds is 5. The summed E-state index contributed by atoms with van der Waals surface area (Å²) in [5.41, 5.74) is 0. The van der Waals surface area contributed by atoms with Gasteiger partial charge in [-0.1, -0.05) is 0 Å². The molecule has 22 heavy (non-hydrogen) atoms. The number of hydrogen-bond acceptors (Lipinski definition) is 4. The van der Waals surface area contributed by atoms with Gasteiger partial charge in [-0.2, -0.15) is 5.10 Å². The van der Waals surface area contributed by atoms with E-state index in [2.05, 4.69) is 19.6 Å². The van der Waals surface area contributed by atoms with Crippen molar-refractivity contribution in [1.82, 2.24) is 29.2 Å². The van der Waals surface area contributed by atoms with Gasteiger partial charge in [0.2, 0.25) is 5.91 Å². The Morgan fingerprint density at radius 3 is 3.09 bits per heavy atom. The molecule has 3 heterocycles. The lowest BCUT2D eigenvalue weighted by Crippen LogP contribution is -2.40. The van der Waals surface area contributed by atoms with Crippen molar-refractivity contribution in [3.05, 3.63) is 30.9 Å². The smallest absolute Gasteiger partial charge is 0.222 e. The topological polar surface area (TPSA) is 68.8 Å². The van der Waals surface area contributed by atoms with Crippen LogP contribution in [0, 0.1) is 6.92 Å². The summed E-state index contributed by atoms with van der Waals surface area (Å²) < 4.78 is 3.95. The van der Waals surface area contributed by atoms with Gasteiger partial charge in [0, 0.05) is 38.4 Å². The van der Waals surface area contributed by atoms with Crippen molar-refractivity contribution in [2.75, 3.05) is 13.1 Å². The van der Waals surface area contributed by atoms with Crippen LogP contribution in [0.25, 0.3) is 0 Å². The number of aryl methyl sites for hydroxylation is 2. The number of likely N-dealkylation sites (tertiary alicyclic amines) is 1. The predicted octanol–water partition coefficient (Wildman–Crippen LogP) is 1.43. The molecule has 0 saturated carbocycles. The van der Waals surface area contributed by atoms with E-state index in [1.807, 2.05) is 24.2 Å². The molecule has 118 valence electrons. The summed E-state index contributed by atoms with van der Waals surface area (Å²) in [6.07, 6.45) is 10.6. The summed E-state index contributed by atoms with van der Waals surface area (Å²) >= 11 is 0. The number of imidazole rings is 1. The van der Waals surface area contributed by atoms with Crippen molar-refractivity contribution in [2.24, 2.45) is 0 Å². The summed E-state index contributed by atoms with van der Waals surface area (Å²) in [4.78, 5) is 22.6. The van der Waals surface area contributed by atoms with Crippen LogP contribution in [0.4, 0.5) is 0 Å². The Kier molecular flexibility index (Phi) is 4.50. The second-order valence-electron chi connectivity index (χ2n) is 5.78. The molecular formula is C15H22N6O. The molecule has 0 N–H and O–H groups in total. The molecule has 0 aliphatic carbocycles. The first-order chi connectivity index (χ1) is 10.7. The fraction of sp³-hybridized carbons (Fsp3) is 0.600. The van der Waals surface area contributed by atoms with Crippen LogP contribution in [0.15, 0.2) is 25.0 Å². The Morgan fingerprint density at radius 1 is 1.45 bits per heavy atom. The van der Waals surface area contributed by atoms with Gasteiger partial charge in [-0.05, 0) is 26.2 Å². The largest absolute Gasteiger partial charge is 0.341 e. The van der Waals surface area contributed by atoms with E-state index < -0.39 is 0 Å². The first kappa shape index (κ1) is 14.7. The zero-order chi connectivity index (χ0) is 15.4. The Morgan fingerprint density at radius 2 is 2.36 bits per heavy atom. The van der Waals surface area contributed by atoms with E-state index in [0.717, 1.165) is 44.7 Å². The van der Waals surface area contributed by atoms with Gasteiger partial charge < -0.3 is 9.47 Å². The quantitative estimate of drug-likeness (QED) is 0.838. The molecule has 2 aromatic rings. The van der Waals surface area contributed by atoms with Crippen molar-refractivity contribution >= 4 is 5.91 Å². The molecular weight excluding hydrogens is 280 g/mol. The summed E-state index contributed by atoms with van der Waals surface area (Å²) in [6.45, 7) is 4.41. The third kappa shape index (κ3) is 3.35. The zero-order valence-corrected chi connectivity index (χ0v) is 12.9. The molecule has 1 amide bonds. The van der Waals surface area contributed by atoms with Crippen LogP contribution in [0.5, 0.6) is 0 Å². The van der Waals surface area contributed by atoms with Crippen LogP contribution >= 0.6 is 0 Å². The van der Waals surface area contributed by atoms with Crippen LogP contribution in [0.3, 0.4) is 0 Å². The van der Waals surface area contributed by atoms with Gasteiger partial charge in [0.05, 0.1) is 6.04 Å². The molecule has 3 rings (SSSR count). The molecule has 1 saturated heterocycles. The minimum absolute atomic E-state index is 0.239. The van der Waals surface area contributed by atoms with E-state index in [0.29, 0.717) is 12.5 Å². The molecule has 2 aromatic heterocycles. The summed E-state index contributed by atoms with van der Waals surface area (Å²) in [5.74, 6) is 1.26. The van der Waals surface area contributed by atoms with Gasteiger partial charge in [0.1, 0.15) is 18.5 Å². The number of amides is 1. The number of hydrogen-bond donors (Lipinski definition) is 0. The molecule has 1 atom stereocenters. The molecule has 0 aromatic carbocycles. The number of carbonyl (C=O) groups is 1. The lowest BCUT2D eigenvalue weighted by molar-refractivity contribution is -0.133. The van der Waals surface area contributed by atoms with Crippen LogP contribution in [-0.2, 0) is 11.3 Å². The lowest BCUT2D eigenvalue weighted by Gasteiger charge is -2.34. The molecule has 0 spiro atoms. The predicted molar refractivity (Wildman–Crippen MR) is 81.1 cm³/mol. The van der Waals surface area contributed by atoms with E-state index in [-0.39, 0.29) is 5.91 Å². The fourth-order valence-electron chi connectivity index (χ4n) is 3.08. The van der Waals surface area contributed by atoms with E-state index in [1.54, 1.807) is 11.0 Å². The maximum Gasteiger partial charge on any atom is 0.222 e. The maximum absolute atomic E-state index is 12.4. The monoisotopic (exact) mass is 302 g/mol. The number of nitrogens with zero attached hydrogens (tertiary/aromatic N) is 6. The van der Waals surface area contributed by atoms with E-state index in [9.17, 15) is 4.79 Å². The summed E-state index contributed by atoms with van der Waals surface area (Å²) in [6, 6.07) is 0.357.